The van der Waals surface area contributed by atoms with E-state index in [1.807, 2.05) is 6.07 Å². The number of rotatable bonds is 6. The van der Waals surface area contributed by atoms with Crippen LogP contribution in [0.5, 0.6) is 0 Å². The maximum atomic E-state index is 11.3. The van der Waals surface area contributed by atoms with Gasteiger partial charge in [0.05, 0.1) is 24.6 Å². The first-order valence-corrected chi connectivity index (χ1v) is 6.23. The van der Waals surface area contributed by atoms with Crippen molar-refractivity contribution in [1.29, 1.82) is 5.26 Å². The molecule has 0 aliphatic heterocycles. The summed E-state index contributed by atoms with van der Waals surface area (Å²) in [7, 11) is 0. The van der Waals surface area contributed by atoms with Gasteiger partial charge in [0.1, 0.15) is 0 Å². The molecule has 0 bridgehead atoms. The van der Waals surface area contributed by atoms with E-state index in [0.29, 0.717) is 19.5 Å². The minimum atomic E-state index is -0.634. The van der Waals surface area contributed by atoms with Crippen LogP contribution in [-0.2, 0) is 4.79 Å². The van der Waals surface area contributed by atoms with Crippen molar-refractivity contribution in [3.8, 4) is 6.07 Å². The first kappa shape index (κ1) is 13.9. The molecule has 0 saturated heterocycles. The third kappa shape index (κ3) is 5.66. The average Bonchev–Trinajstić information content (AvgIpc) is 2.30. The van der Waals surface area contributed by atoms with Gasteiger partial charge in [-0.05, 0) is 12.8 Å². The molecular formula is C12H21N3O2. The molecule has 1 aliphatic rings. The maximum absolute atomic E-state index is 11.3. The van der Waals surface area contributed by atoms with E-state index in [-0.39, 0.29) is 12.5 Å². The van der Waals surface area contributed by atoms with Crippen molar-refractivity contribution in [2.24, 2.45) is 0 Å². The molecule has 1 aliphatic carbocycles. The Labute approximate surface area is 102 Å². The molecule has 0 atom stereocenters. The van der Waals surface area contributed by atoms with E-state index >= 15 is 0 Å². The highest BCUT2D eigenvalue weighted by Crippen LogP contribution is 2.27. The van der Waals surface area contributed by atoms with Gasteiger partial charge in [-0.25, -0.2) is 0 Å². The van der Waals surface area contributed by atoms with Crippen molar-refractivity contribution < 1.29 is 9.90 Å². The SMILES string of the molecule is N#CCCNC(=O)CNCC1(O)CCCCC1. The summed E-state index contributed by atoms with van der Waals surface area (Å²) in [5, 5.41) is 24.1. The van der Waals surface area contributed by atoms with E-state index in [4.69, 9.17) is 5.26 Å². The summed E-state index contributed by atoms with van der Waals surface area (Å²) >= 11 is 0. The number of amides is 1. The number of hydrogen-bond acceptors (Lipinski definition) is 4. The Balaban J connectivity index is 2.10. The molecule has 17 heavy (non-hydrogen) atoms. The third-order valence-electron chi connectivity index (χ3n) is 3.08. The van der Waals surface area contributed by atoms with Crippen molar-refractivity contribution in [3.63, 3.8) is 0 Å². The number of aliphatic hydroxyl groups is 1. The van der Waals surface area contributed by atoms with Gasteiger partial charge in [0.15, 0.2) is 0 Å². The van der Waals surface area contributed by atoms with E-state index in [9.17, 15) is 9.90 Å². The quantitative estimate of drug-likeness (QED) is 0.582. The van der Waals surface area contributed by atoms with Crippen molar-refractivity contribution in [1.82, 2.24) is 10.6 Å². The zero-order valence-electron chi connectivity index (χ0n) is 10.2. The molecule has 5 nitrogen and oxygen atoms in total. The van der Waals surface area contributed by atoms with Gasteiger partial charge in [-0.2, -0.15) is 5.26 Å². The van der Waals surface area contributed by atoms with Crippen molar-refractivity contribution >= 4 is 5.91 Å². The highest BCUT2D eigenvalue weighted by molar-refractivity contribution is 5.77. The number of nitriles is 1. The molecule has 1 saturated carbocycles. The maximum Gasteiger partial charge on any atom is 0.233 e. The fraction of sp³-hybridized carbons (Fsp3) is 0.833. The molecule has 1 rings (SSSR count). The highest BCUT2D eigenvalue weighted by Gasteiger charge is 2.28. The summed E-state index contributed by atoms with van der Waals surface area (Å²) < 4.78 is 0. The number of hydrogen-bond donors (Lipinski definition) is 3. The molecule has 1 fully saturated rings. The topological polar surface area (TPSA) is 85.2 Å². The summed E-state index contributed by atoms with van der Waals surface area (Å²) in [5.41, 5.74) is -0.634. The predicted octanol–water partition coefficient (Wildman–Crippen LogP) is 0.301. The molecule has 96 valence electrons. The zero-order valence-corrected chi connectivity index (χ0v) is 10.2. The predicted molar refractivity (Wildman–Crippen MR) is 64.1 cm³/mol. The molecule has 0 radical (unpaired) electrons. The van der Waals surface area contributed by atoms with Gasteiger partial charge in [-0.15, -0.1) is 0 Å². The third-order valence-corrected chi connectivity index (χ3v) is 3.08. The Morgan fingerprint density at radius 1 is 1.35 bits per heavy atom. The Morgan fingerprint density at radius 3 is 2.71 bits per heavy atom. The molecular weight excluding hydrogens is 218 g/mol. The van der Waals surface area contributed by atoms with Crippen LogP contribution < -0.4 is 10.6 Å². The average molecular weight is 239 g/mol. The molecule has 0 aromatic heterocycles. The first-order valence-electron chi connectivity index (χ1n) is 6.23. The summed E-state index contributed by atoms with van der Waals surface area (Å²) in [6.45, 7) is 1.06. The number of carbonyl (C=O) groups excluding carboxylic acids is 1. The fourth-order valence-electron chi connectivity index (χ4n) is 2.12. The van der Waals surface area contributed by atoms with Gasteiger partial charge in [0.2, 0.25) is 5.91 Å². The van der Waals surface area contributed by atoms with E-state index < -0.39 is 5.60 Å². The fourth-order valence-corrected chi connectivity index (χ4v) is 2.12. The number of carbonyl (C=O) groups is 1. The first-order chi connectivity index (χ1) is 8.16. The smallest absolute Gasteiger partial charge is 0.233 e. The Hall–Kier alpha value is -1.12. The molecule has 0 aromatic carbocycles. The van der Waals surface area contributed by atoms with Gasteiger partial charge in [-0.1, -0.05) is 19.3 Å². The van der Waals surface area contributed by atoms with Crippen LogP contribution in [0.2, 0.25) is 0 Å². The highest BCUT2D eigenvalue weighted by atomic mass is 16.3. The second kappa shape index (κ2) is 7.25. The monoisotopic (exact) mass is 239 g/mol. The van der Waals surface area contributed by atoms with Gasteiger partial charge in [-0.3, -0.25) is 4.79 Å². The lowest BCUT2D eigenvalue weighted by molar-refractivity contribution is -0.120. The van der Waals surface area contributed by atoms with Crippen LogP contribution >= 0.6 is 0 Å². The van der Waals surface area contributed by atoms with E-state index in [2.05, 4.69) is 10.6 Å². The molecule has 0 unspecified atom stereocenters. The zero-order chi connectivity index (χ0) is 12.6. The van der Waals surface area contributed by atoms with E-state index in [1.165, 1.54) is 6.42 Å². The summed E-state index contributed by atoms with van der Waals surface area (Å²) in [5.74, 6) is -0.125. The minimum absolute atomic E-state index is 0.125. The Bertz CT molecular complexity index is 280. The van der Waals surface area contributed by atoms with Crippen molar-refractivity contribution in [2.45, 2.75) is 44.1 Å². The lowest BCUT2D eigenvalue weighted by Crippen LogP contribution is -2.45. The summed E-state index contributed by atoms with van der Waals surface area (Å²) in [4.78, 5) is 11.3. The number of nitrogens with zero attached hydrogens (tertiary/aromatic N) is 1. The Morgan fingerprint density at radius 2 is 2.06 bits per heavy atom. The van der Waals surface area contributed by atoms with E-state index in [1.54, 1.807) is 0 Å². The van der Waals surface area contributed by atoms with Crippen molar-refractivity contribution in [2.75, 3.05) is 19.6 Å². The lowest BCUT2D eigenvalue weighted by Gasteiger charge is -2.32. The largest absolute Gasteiger partial charge is 0.389 e. The van der Waals surface area contributed by atoms with Crippen LogP contribution in [0.15, 0.2) is 0 Å². The molecule has 0 spiro atoms. The van der Waals surface area contributed by atoms with Crippen LogP contribution in [0.25, 0.3) is 0 Å². The molecule has 5 heteroatoms. The second-order valence-corrected chi connectivity index (χ2v) is 4.65. The minimum Gasteiger partial charge on any atom is -0.389 e. The van der Waals surface area contributed by atoms with Crippen LogP contribution in [-0.4, -0.2) is 36.2 Å². The van der Waals surface area contributed by atoms with Gasteiger partial charge in [0, 0.05) is 13.1 Å². The second-order valence-electron chi connectivity index (χ2n) is 4.65. The molecule has 1 amide bonds. The number of nitrogens with one attached hydrogen (secondary N) is 2. The van der Waals surface area contributed by atoms with Gasteiger partial charge in [0.25, 0.3) is 0 Å². The summed E-state index contributed by atoms with van der Waals surface area (Å²) in [6, 6.07) is 1.96. The lowest BCUT2D eigenvalue weighted by atomic mass is 9.85. The molecule has 0 aromatic rings. The normalized spacial score (nSPS) is 18.4. The standard InChI is InChI=1S/C12H21N3O2/c13-7-4-8-15-11(16)9-14-10-12(17)5-2-1-3-6-12/h14,17H,1-6,8-10H2,(H,15,16). The summed E-state index contributed by atoms with van der Waals surface area (Å²) in [6.07, 6.45) is 5.28. The van der Waals surface area contributed by atoms with Crippen LogP contribution in [0.1, 0.15) is 38.5 Å². The molecule has 0 heterocycles. The van der Waals surface area contributed by atoms with Crippen LogP contribution in [0, 0.1) is 11.3 Å². The van der Waals surface area contributed by atoms with Crippen molar-refractivity contribution in [3.05, 3.63) is 0 Å². The van der Waals surface area contributed by atoms with Crippen LogP contribution in [0.3, 0.4) is 0 Å². The van der Waals surface area contributed by atoms with E-state index in [0.717, 1.165) is 25.7 Å². The van der Waals surface area contributed by atoms with Gasteiger partial charge < -0.3 is 15.7 Å². The molecule has 3 N–H and O–H groups in total. The van der Waals surface area contributed by atoms with Crippen LogP contribution in [0.4, 0.5) is 0 Å². The van der Waals surface area contributed by atoms with Gasteiger partial charge >= 0.3 is 0 Å². The Kier molecular flexibility index (Phi) is 5.95.